The maximum absolute atomic E-state index is 5.68. The predicted octanol–water partition coefficient (Wildman–Crippen LogP) is 4.87. The number of hydrogen-bond donors (Lipinski definition) is 0. The maximum atomic E-state index is 5.68. The molecule has 144 valence electrons. The van der Waals surface area contributed by atoms with Crippen LogP contribution in [0.1, 0.15) is 10.8 Å². The van der Waals surface area contributed by atoms with E-state index < -0.39 is 0 Å². The van der Waals surface area contributed by atoms with E-state index in [2.05, 4.69) is 17.5 Å². The standard InChI is InChI=1S/C20H21N5OS2/c1-4-10-24-19(15-9-11-26-14(15)2)22-25(20(24)27)13-23(3)12-18-21-16-7-5-6-8-17(16)28-18/h4-9,11H,1,10,12-13H2,2-3H3. The number of nitrogens with zero attached hydrogens (tertiary/aromatic N) is 5. The molecule has 4 aromatic rings. The van der Waals surface area contributed by atoms with Crippen LogP contribution < -0.4 is 0 Å². The highest BCUT2D eigenvalue weighted by Crippen LogP contribution is 2.25. The Morgan fingerprint density at radius 2 is 2.14 bits per heavy atom. The summed E-state index contributed by atoms with van der Waals surface area (Å²) in [6, 6.07) is 10.1. The molecule has 0 spiro atoms. The van der Waals surface area contributed by atoms with Crippen molar-refractivity contribution >= 4 is 33.8 Å². The summed E-state index contributed by atoms with van der Waals surface area (Å²) in [5, 5.41) is 5.84. The summed E-state index contributed by atoms with van der Waals surface area (Å²) in [6.07, 6.45) is 3.50. The number of aryl methyl sites for hydroxylation is 1. The van der Waals surface area contributed by atoms with Crippen LogP contribution in [0.25, 0.3) is 21.6 Å². The Labute approximate surface area is 172 Å². The summed E-state index contributed by atoms with van der Waals surface area (Å²) in [5.74, 6) is 1.62. The number of allylic oxidation sites excluding steroid dienone is 1. The van der Waals surface area contributed by atoms with Gasteiger partial charge in [0.15, 0.2) is 10.6 Å². The van der Waals surface area contributed by atoms with Gasteiger partial charge in [-0.15, -0.1) is 17.9 Å². The SMILES string of the molecule is C=CCn1c(-c2ccoc2C)nn(CN(C)Cc2nc3ccccc3s2)c1=S. The van der Waals surface area contributed by atoms with Crippen LogP contribution in [0, 0.1) is 11.7 Å². The van der Waals surface area contributed by atoms with Gasteiger partial charge in [-0.1, -0.05) is 18.2 Å². The Morgan fingerprint density at radius 1 is 1.32 bits per heavy atom. The summed E-state index contributed by atoms with van der Waals surface area (Å²) in [6.45, 7) is 7.67. The van der Waals surface area contributed by atoms with Gasteiger partial charge in [0, 0.05) is 6.54 Å². The Kier molecular flexibility index (Phi) is 5.25. The highest BCUT2D eigenvalue weighted by atomic mass is 32.1. The van der Waals surface area contributed by atoms with E-state index in [1.165, 1.54) is 4.70 Å². The molecule has 0 unspecified atom stereocenters. The van der Waals surface area contributed by atoms with Crippen molar-refractivity contribution in [2.24, 2.45) is 0 Å². The van der Waals surface area contributed by atoms with Gasteiger partial charge in [0.25, 0.3) is 0 Å². The van der Waals surface area contributed by atoms with Crippen LogP contribution in [-0.2, 0) is 19.8 Å². The number of aromatic nitrogens is 4. The van der Waals surface area contributed by atoms with Gasteiger partial charge in [0.2, 0.25) is 0 Å². The normalized spacial score (nSPS) is 11.5. The first kappa shape index (κ1) is 18.8. The van der Waals surface area contributed by atoms with Crippen LogP contribution in [-0.4, -0.2) is 31.3 Å². The van der Waals surface area contributed by atoms with E-state index in [9.17, 15) is 0 Å². The summed E-state index contributed by atoms with van der Waals surface area (Å²) in [4.78, 5) is 6.87. The zero-order valence-electron chi connectivity index (χ0n) is 15.8. The third-order valence-electron chi connectivity index (χ3n) is 4.45. The second-order valence-corrected chi connectivity index (χ2v) is 8.11. The van der Waals surface area contributed by atoms with E-state index in [1.54, 1.807) is 17.6 Å². The van der Waals surface area contributed by atoms with Gasteiger partial charge >= 0.3 is 0 Å². The summed E-state index contributed by atoms with van der Waals surface area (Å²) >= 11 is 7.39. The molecule has 0 aliphatic heterocycles. The first-order valence-electron chi connectivity index (χ1n) is 8.93. The molecule has 0 amide bonds. The van der Waals surface area contributed by atoms with Gasteiger partial charge in [0.05, 0.1) is 35.3 Å². The Balaban J connectivity index is 1.59. The van der Waals surface area contributed by atoms with Crippen LogP contribution in [0.4, 0.5) is 0 Å². The molecule has 4 rings (SSSR count). The second kappa shape index (κ2) is 7.83. The monoisotopic (exact) mass is 411 g/mol. The lowest BCUT2D eigenvalue weighted by Crippen LogP contribution is -2.22. The van der Waals surface area contributed by atoms with E-state index in [-0.39, 0.29) is 0 Å². The minimum absolute atomic E-state index is 0.572. The van der Waals surface area contributed by atoms with Crippen LogP contribution in [0.2, 0.25) is 0 Å². The lowest BCUT2D eigenvalue weighted by Gasteiger charge is -2.14. The van der Waals surface area contributed by atoms with E-state index in [1.807, 2.05) is 53.6 Å². The van der Waals surface area contributed by atoms with Crippen molar-refractivity contribution in [2.45, 2.75) is 26.7 Å². The van der Waals surface area contributed by atoms with E-state index in [4.69, 9.17) is 26.7 Å². The quantitative estimate of drug-likeness (QED) is 0.321. The average molecular weight is 412 g/mol. The number of furan rings is 1. The summed E-state index contributed by atoms with van der Waals surface area (Å²) in [7, 11) is 2.04. The molecule has 3 heterocycles. The van der Waals surface area contributed by atoms with Crippen molar-refractivity contribution in [3.8, 4) is 11.4 Å². The molecule has 3 aromatic heterocycles. The Hall–Kier alpha value is -2.55. The van der Waals surface area contributed by atoms with Crippen molar-refractivity contribution < 1.29 is 4.42 Å². The Morgan fingerprint density at radius 3 is 2.86 bits per heavy atom. The number of benzene rings is 1. The predicted molar refractivity (Wildman–Crippen MR) is 115 cm³/mol. The molecule has 6 nitrogen and oxygen atoms in total. The lowest BCUT2D eigenvalue weighted by atomic mass is 10.2. The molecule has 0 bridgehead atoms. The smallest absolute Gasteiger partial charge is 0.199 e. The third-order valence-corrected chi connectivity index (χ3v) is 5.91. The molecule has 0 saturated carbocycles. The van der Waals surface area contributed by atoms with Crippen LogP contribution >= 0.6 is 23.6 Å². The number of hydrogen-bond acceptors (Lipinski definition) is 6. The molecule has 0 aliphatic carbocycles. The van der Waals surface area contributed by atoms with Crippen LogP contribution in [0.15, 0.2) is 53.7 Å². The maximum Gasteiger partial charge on any atom is 0.199 e. The minimum Gasteiger partial charge on any atom is -0.469 e. The molecule has 1 aromatic carbocycles. The van der Waals surface area contributed by atoms with Crippen molar-refractivity contribution in [1.82, 2.24) is 24.2 Å². The fourth-order valence-electron chi connectivity index (χ4n) is 3.14. The van der Waals surface area contributed by atoms with E-state index in [0.29, 0.717) is 18.0 Å². The van der Waals surface area contributed by atoms with Crippen molar-refractivity contribution in [1.29, 1.82) is 0 Å². The van der Waals surface area contributed by atoms with E-state index >= 15 is 0 Å². The summed E-state index contributed by atoms with van der Waals surface area (Å²) < 4.78 is 11.1. The molecule has 0 aliphatic rings. The molecular formula is C20H21N5OS2. The summed E-state index contributed by atoms with van der Waals surface area (Å²) in [5.41, 5.74) is 1.99. The number of thiazole rings is 1. The molecule has 0 N–H and O–H groups in total. The minimum atomic E-state index is 0.572. The van der Waals surface area contributed by atoms with Crippen LogP contribution in [0.3, 0.4) is 0 Å². The van der Waals surface area contributed by atoms with Gasteiger partial charge in [-0.05, 0) is 44.4 Å². The molecule has 0 fully saturated rings. The third kappa shape index (κ3) is 3.58. The first-order valence-corrected chi connectivity index (χ1v) is 10.2. The number of rotatable bonds is 7. The van der Waals surface area contributed by atoms with Crippen molar-refractivity contribution in [3.05, 3.63) is 64.8 Å². The van der Waals surface area contributed by atoms with Gasteiger partial charge in [-0.2, -0.15) is 5.10 Å². The topological polar surface area (TPSA) is 52.0 Å². The molecule has 0 radical (unpaired) electrons. The fraction of sp³-hybridized carbons (Fsp3) is 0.250. The van der Waals surface area contributed by atoms with Gasteiger partial charge in [-0.25, -0.2) is 9.67 Å². The van der Waals surface area contributed by atoms with Gasteiger partial charge in [0.1, 0.15) is 10.8 Å². The highest BCUT2D eigenvalue weighted by molar-refractivity contribution is 7.71. The van der Waals surface area contributed by atoms with Crippen molar-refractivity contribution in [3.63, 3.8) is 0 Å². The second-order valence-electron chi connectivity index (χ2n) is 6.63. The molecule has 0 saturated heterocycles. The average Bonchev–Trinajstić information content (AvgIpc) is 3.34. The van der Waals surface area contributed by atoms with Gasteiger partial charge in [-0.3, -0.25) is 9.47 Å². The van der Waals surface area contributed by atoms with Gasteiger partial charge < -0.3 is 4.42 Å². The lowest BCUT2D eigenvalue weighted by molar-refractivity contribution is 0.244. The molecular weight excluding hydrogens is 390 g/mol. The number of para-hydroxylation sites is 1. The Bertz CT molecular complexity index is 1150. The fourth-order valence-corrected chi connectivity index (χ4v) is 4.45. The largest absolute Gasteiger partial charge is 0.469 e. The van der Waals surface area contributed by atoms with Crippen molar-refractivity contribution in [2.75, 3.05) is 7.05 Å². The van der Waals surface area contributed by atoms with E-state index in [0.717, 1.165) is 34.2 Å². The first-order chi connectivity index (χ1) is 13.6. The zero-order chi connectivity index (χ0) is 19.7. The molecule has 0 atom stereocenters. The van der Waals surface area contributed by atoms with Crippen LogP contribution in [0.5, 0.6) is 0 Å². The highest BCUT2D eigenvalue weighted by Gasteiger charge is 2.17. The molecule has 28 heavy (non-hydrogen) atoms. The molecule has 8 heteroatoms. The zero-order valence-corrected chi connectivity index (χ0v) is 17.5. The number of fused-ring (bicyclic) bond motifs is 1.